The van der Waals surface area contributed by atoms with Crippen LogP contribution in [0.1, 0.15) is 25.8 Å². The molecule has 0 spiro atoms. The van der Waals surface area contributed by atoms with Gasteiger partial charge in [0.15, 0.2) is 15.0 Å². The fourth-order valence-corrected chi connectivity index (χ4v) is 5.20. The molecule has 1 aromatic heterocycles. The molecule has 1 aromatic carbocycles. The second-order valence-electron chi connectivity index (χ2n) is 6.96. The number of carbonyl (C=O) groups is 1. The summed E-state index contributed by atoms with van der Waals surface area (Å²) in [6.07, 6.45) is 0.417. The number of aromatic nitrogens is 1. The maximum atomic E-state index is 12.6. The number of rotatable bonds is 3. The van der Waals surface area contributed by atoms with E-state index >= 15 is 0 Å². The van der Waals surface area contributed by atoms with Crippen molar-refractivity contribution in [1.82, 2.24) is 9.88 Å². The molecule has 1 fully saturated rings. The number of hydrogen-bond donors (Lipinski definition) is 1. The average Bonchev–Trinajstić information content (AvgIpc) is 2.93. The predicted molar refractivity (Wildman–Crippen MR) is 103 cm³/mol. The molecule has 1 aliphatic rings. The first-order valence-corrected chi connectivity index (χ1v) is 10.9. The summed E-state index contributed by atoms with van der Waals surface area (Å²) in [5, 5.41) is 3.31. The number of hydrogen-bond acceptors (Lipinski definition) is 6. The monoisotopic (exact) mass is 397 g/mol. The van der Waals surface area contributed by atoms with Gasteiger partial charge in [-0.2, -0.15) is 0 Å². The van der Waals surface area contributed by atoms with Crippen LogP contribution >= 0.6 is 11.3 Å². The van der Waals surface area contributed by atoms with Crippen LogP contribution in [0.3, 0.4) is 0 Å². The van der Waals surface area contributed by atoms with E-state index in [1.807, 2.05) is 18.2 Å². The maximum Gasteiger partial charge on any atom is 0.323 e. The van der Waals surface area contributed by atoms with E-state index in [9.17, 15) is 13.2 Å². The van der Waals surface area contributed by atoms with E-state index in [-0.39, 0.29) is 18.3 Å². The van der Waals surface area contributed by atoms with Gasteiger partial charge in [0, 0.05) is 25.8 Å². The van der Waals surface area contributed by atoms with E-state index in [1.54, 1.807) is 25.9 Å². The molecule has 2 amide bonds. The lowest BCUT2D eigenvalue weighted by Gasteiger charge is -2.22. The van der Waals surface area contributed by atoms with E-state index in [4.69, 9.17) is 4.74 Å². The van der Waals surface area contributed by atoms with Crippen molar-refractivity contribution in [2.45, 2.75) is 31.6 Å². The zero-order valence-electron chi connectivity index (χ0n) is 15.1. The van der Waals surface area contributed by atoms with Crippen LogP contribution in [0.2, 0.25) is 0 Å². The van der Waals surface area contributed by atoms with E-state index in [0.29, 0.717) is 24.7 Å². The minimum Gasteiger partial charge on any atom is -0.380 e. The van der Waals surface area contributed by atoms with Crippen molar-refractivity contribution in [2.75, 3.05) is 31.3 Å². The van der Waals surface area contributed by atoms with Crippen LogP contribution in [0.4, 0.5) is 9.93 Å². The topological polar surface area (TPSA) is 88.6 Å². The van der Waals surface area contributed by atoms with Crippen LogP contribution < -0.4 is 5.32 Å². The third-order valence-corrected chi connectivity index (χ3v) is 8.30. The molecule has 9 heteroatoms. The lowest BCUT2D eigenvalue weighted by atomic mass is 10.1. The molecule has 0 atom stereocenters. The van der Waals surface area contributed by atoms with Crippen molar-refractivity contribution in [2.24, 2.45) is 0 Å². The van der Waals surface area contributed by atoms with Crippen molar-refractivity contribution in [3.05, 3.63) is 23.8 Å². The van der Waals surface area contributed by atoms with E-state index in [1.165, 1.54) is 11.3 Å². The highest BCUT2D eigenvalue weighted by Gasteiger charge is 2.38. The summed E-state index contributed by atoms with van der Waals surface area (Å²) in [4.78, 5) is 18.7. The first kappa shape index (κ1) is 19.1. The van der Waals surface area contributed by atoms with Gasteiger partial charge in [0.2, 0.25) is 0 Å². The van der Waals surface area contributed by atoms with Crippen molar-refractivity contribution in [1.29, 1.82) is 0 Å². The number of nitrogens with one attached hydrogen (secondary N) is 1. The van der Waals surface area contributed by atoms with Crippen molar-refractivity contribution in [3.63, 3.8) is 0 Å². The zero-order valence-corrected chi connectivity index (χ0v) is 16.7. The molecule has 0 saturated carbocycles. The summed E-state index contributed by atoms with van der Waals surface area (Å²) in [6.45, 7) is 4.48. The minimum atomic E-state index is -3.22. The van der Waals surface area contributed by atoms with Crippen molar-refractivity contribution < 1.29 is 17.9 Å². The highest BCUT2D eigenvalue weighted by molar-refractivity contribution is 7.92. The molecule has 142 valence electrons. The Labute approximate surface area is 157 Å². The maximum absolute atomic E-state index is 12.6. The zero-order chi connectivity index (χ0) is 18.9. The molecular formula is C17H23N3O4S2. The molecular weight excluding hydrogens is 374 g/mol. The van der Waals surface area contributed by atoms with Crippen LogP contribution in [0, 0.1) is 0 Å². The molecule has 0 aliphatic carbocycles. The number of benzene rings is 1. The van der Waals surface area contributed by atoms with Crippen LogP contribution in [-0.4, -0.2) is 55.0 Å². The number of methoxy groups -OCH3 is 1. The molecule has 2 aromatic rings. The summed E-state index contributed by atoms with van der Waals surface area (Å²) in [5.74, 6) is -0.0226. The summed E-state index contributed by atoms with van der Waals surface area (Å²) in [7, 11) is -1.59. The predicted octanol–water partition coefficient (Wildman–Crippen LogP) is 2.87. The van der Waals surface area contributed by atoms with Gasteiger partial charge in [-0.05, 0) is 26.3 Å². The average molecular weight is 398 g/mol. The largest absolute Gasteiger partial charge is 0.380 e. The van der Waals surface area contributed by atoms with Crippen LogP contribution in [0.25, 0.3) is 10.2 Å². The Hall–Kier alpha value is -1.71. The lowest BCUT2D eigenvalue weighted by Crippen LogP contribution is -2.37. The normalized spacial score (nSPS) is 19.3. The standard InChI is InChI=1S/C17H23N3O4S2/c1-17(2)7-8-20(9-10-26(17,22)23)16(21)19-15-18-14-12(11-24-3)5-4-6-13(14)25-15/h4-6H,7-11H2,1-3H3,(H,18,19,21). The third kappa shape index (κ3) is 3.70. The van der Waals surface area contributed by atoms with Gasteiger partial charge in [-0.15, -0.1) is 0 Å². The van der Waals surface area contributed by atoms with Crippen molar-refractivity contribution in [3.8, 4) is 0 Å². The number of carbonyl (C=O) groups excluding carboxylic acids is 1. The number of ether oxygens (including phenoxy) is 1. The second kappa shape index (κ2) is 7.13. The quantitative estimate of drug-likeness (QED) is 0.860. The van der Waals surface area contributed by atoms with Gasteiger partial charge in [-0.25, -0.2) is 18.2 Å². The highest BCUT2D eigenvalue weighted by Crippen LogP contribution is 2.29. The van der Waals surface area contributed by atoms with E-state index in [2.05, 4.69) is 10.3 Å². The Morgan fingerprint density at radius 3 is 2.88 bits per heavy atom. The van der Waals surface area contributed by atoms with E-state index in [0.717, 1.165) is 15.8 Å². The molecule has 1 N–H and O–H groups in total. The number of thiazole rings is 1. The van der Waals surface area contributed by atoms with Crippen LogP contribution in [0.15, 0.2) is 18.2 Å². The Balaban J connectivity index is 1.76. The number of fused-ring (bicyclic) bond motifs is 1. The first-order valence-electron chi connectivity index (χ1n) is 8.39. The van der Waals surface area contributed by atoms with Crippen LogP contribution in [-0.2, 0) is 21.2 Å². The van der Waals surface area contributed by atoms with Gasteiger partial charge >= 0.3 is 6.03 Å². The second-order valence-corrected chi connectivity index (χ2v) is 10.7. The molecule has 1 saturated heterocycles. The fraction of sp³-hybridized carbons (Fsp3) is 0.529. The lowest BCUT2D eigenvalue weighted by molar-refractivity contribution is 0.186. The SMILES string of the molecule is COCc1cccc2sc(NC(=O)N3CCC(C)(C)S(=O)(=O)CC3)nc12. The highest BCUT2D eigenvalue weighted by atomic mass is 32.2. The number of anilines is 1. The molecule has 7 nitrogen and oxygen atoms in total. The molecule has 26 heavy (non-hydrogen) atoms. The van der Waals surface area contributed by atoms with Gasteiger partial charge in [0.25, 0.3) is 0 Å². The number of sulfone groups is 1. The molecule has 3 rings (SSSR count). The number of amides is 2. The Morgan fingerprint density at radius 1 is 1.38 bits per heavy atom. The summed E-state index contributed by atoms with van der Waals surface area (Å²) in [6, 6.07) is 5.51. The fourth-order valence-electron chi connectivity index (χ4n) is 2.88. The first-order chi connectivity index (χ1) is 12.2. The molecule has 0 unspecified atom stereocenters. The Morgan fingerprint density at radius 2 is 2.15 bits per heavy atom. The minimum absolute atomic E-state index is 0.0226. The molecule has 0 radical (unpaired) electrons. The molecule has 0 bridgehead atoms. The number of nitrogens with zero attached hydrogens (tertiary/aromatic N) is 2. The Kier molecular flexibility index (Phi) is 5.23. The van der Waals surface area contributed by atoms with Gasteiger partial charge in [-0.1, -0.05) is 23.5 Å². The Bertz CT molecular complexity index is 921. The van der Waals surface area contributed by atoms with Gasteiger partial charge < -0.3 is 9.64 Å². The van der Waals surface area contributed by atoms with Gasteiger partial charge in [0.05, 0.1) is 27.3 Å². The van der Waals surface area contributed by atoms with E-state index < -0.39 is 14.6 Å². The summed E-state index contributed by atoms with van der Waals surface area (Å²) >= 11 is 1.39. The number of urea groups is 1. The van der Waals surface area contributed by atoms with Crippen LogP contribution in [0.5, 0.6) is 0 Å². The van der Waals surface area contributed by atoms with Crippen molar-refractivity contribution >= 4 is 42.6 Å². The smallest absolute Gasteiger partial charge is 0.323 e. The summed E-state index contributed by atoms with van der Waals surface area (Å²) in [5.41, 5.74) is 1.78. The van der Waals surface area contributed by atoms with Gasteiger partial charge in [-0.3, -0.25) is 5.32 Å². The third-order valence-electron chi connectivity index (χ3n) is 4.76. The molecule has 2 heterocycles. The van der Waals surface area contributed by atoms with Gasteiger partial charge in [0.1, 0.15) is 0 Å². The summed E-state index contributed by atoms with van der Waals surface area (Å²) < 4.78 is 29.9. The molecule has 1 aliphatic heterocycles. The number of para-hydroxylation sites is 1.